The number of carbonyl (C=O) groups is 2. The van der Waals surface area contributed by atoms with Gasteiger partial charge in [-0.25, -0.2) is 4.79 Å². The number of ketones is 1. The fraction of sp³-hybridized carbons (Fsp3) is 0.176. The van der Waals surface area contributed by atoms with E-state index in [2.05, 4.69) is 15.9 Å². The van der Waals surface area contributed by atoms with Gasteiger partial charge in [0.25, 0.3) is 0 Å². The van der Waals surface area contributed by atoms with Crippen LogP contribution in [0.1, 0.15) is 17.3 Å². The molecule has 0 spiro atoms. The van der Waals surface area contributed by atoms with Gasteiger partial charge in [-0.15, -0.1) is 0 Å². The van der Waals surface area contributed by atoms with Crippen LogP contribution < -0.4 is 14.2 Å². The maximum Gasteiger partial charge on any atom is 0.349 e. The highest BCUT2D eigenvalue weighted by molar-refractivity contribution is 9.10. The minimum atomic E-state index is -0.571. The highest BCUT2D eigenvalue weighted by atomic mass is 79.9. The number of carbonyl (C=O) groups excluding carboxylic acids is 2. The van der Waals surface area contributed by atoms with Gasteiger partial charge in [0, 0.05) is 10.0 Å². The van der Waals surface area contributed by atoms with Crippen molar-refractivity contribution >= 4 is 27.7 Å². The molecule has 0 radical (unpaired) electrons. The maximum absolute atomic E-state index is 11.9. The van der Waals surface area contributed by atoms with E-state index in [0.717, 1.165) is 4.47 Å². The normalized spacial score (nSPS) is 10.0. The van der Waals surface area contributed by atoms with E-state index in [1.165, 1.54) is 26.2 Å². The quantitative estimate of drug-likeness (QED) is 0.436. The molecule has 0 N–H and O–H groups in total. The Balaban J connectivity index is 2.01. The summed E-state index contributed by atoms with van der Waals surface area (Å²) in [5.74, 6) is 0.432. The van der Waals surface area contributed by atoms with Gasteiger partial charge in [-0.05, 0) is 43.3 Å². The smallest absolute Gasteiger partial charge is 0.349 e. The number of ether oxygens (including phenoxy) is 3. The molecule has 6 heteroatoms. The molecule has 0 aromatic heterocycles. The van der Waals surface area contributed by atoms with Gasteiger partial charge < -0.3 is 14.2 Å². The summed E-state index contributed by atoms with van der Waals surface area (Å²) in [5, 5.41) is 0. The Bertz CT molecular complexity index is 727. The second kappa shape index (κ2) is 7.78. The van der Waals surface area contributed by atoms with Crippen LogP contribution in [0.4, 0.5) is 0 Å². The third kappa shape index (κ3) is 4.82. The van der Waals surface area contributed by atoms with Gasteiger partial charge in [0.1, 0.15) is 5.75 Å². The number of hydrogen-bond donors (Lipinski definition) is 0. The van der Waals surface area contributed by atoms with Crippen molar-refractivity contribution in [1.29, 1.82) is 0 Å². The first-order chi connectivity index (χ1) is 11.0. The van der Waals surface area contributed by atoms with E-state index in [1.54, 1.807) is 24.3 Å². The van der Waals surface area contributed by atoms with Gasteiger partial charge in [0.15, 0.2) is 23.9 Å². The molecule has 0 fully saturated rings. The molecule has 0 amide bonds. The molecule has 2 rings (SSSR count). The molecule has 0 unspecified atom stereocenters. The average Bonchev–Trinajstić information content (AvgIpc) is 2.53. The van der Waals surface area contributed by atoms with Crippen LogP contribution in [0.25, 0.3) is 0 Å². The van der Waals surface area contributed by atoms with E-state index in [9.17, 15) is 9.59 Å². The van der Waals surface area contributed by atoms with Crippen LogP contribution in [0.15, 0.2) is 46.9 Å². The van der Waals surface area contributed by atoms with E-state index >= 15 is 0 Å². The highest BCUT2D eigenvalue weighted by Gasteiger charge is 2.13. The highest BCUT2D eigenvalue weighted by Crippen LogP contribution is 2.28. The number of halogens is 1. The summed E-state index contributed by atoms with van der Waals surface area (Å²) in [5.41, 5.74) is 0.479. The van der Waals surface area contributed by atoms with Crippen LogP contribution in [0.3, 0.4) is 0 Å². The Hall–Kier alpha value is -2.34. The zero-order valence-electron chi connectivity index (χ0n) is 12.7. The molecule has 0 bridgehead atoms. The van der Waals surface area contributed by atoms with Crippen LogP contribution in [-0.4, -0.2) is 25.5 Å². The zero-order valence-corrected chi connectivity index (χ0v) is 14.3. The number of hydrogen-bond acceptors (Lipinski definition) is 5. The van der Waals surface area contributed by atoms with Crippen molar-refractivity contribution in [2.24, 2.45) is 0 Å². The SMILES string of the molecule is COc1cc(C(C)=O)ccc1OC(=O)COc1cccc(Br)c1. The van der Waals surface area contributed by atoms with Crippen molar-refractivity contribution in [1.82, 2.24) is 0 Å². The minimum absolute atomic E-state index is 0.0980. The molecule has 0 heterocycles. The van der Waals surface area contributed by atoms with Crippen LogP contribution in [-0.2, 0) is 4.79 Å². The first kappa shape index (κ1) is 17.0. The summed E-state index contributed by atoms with van der Waals surface area (Å²) >= 11 is 3.32. The van der Waals surface area contributed by atoms with Crippen molar-refractivity contribution in [2.45, 2.75) is 6.92 Å². The van der Waals surface area contributed by atoms with E-state index in [0.29, 0.717) is 17.1 Å². The minimum Gasteiger partial charge on any atom is -0.493 e. The molecule has 120 valence electrons. The molecule has 0 aliphatic carbocycles. The van der Waals surface area contributed by atoms with Gasteiger partial charge in [-0.3, -0.25) is 4.79 Å². The lowest BCUT2D eigenvalue weighted by Gasteiger charge is -2.11. The lowest BCUT2D eigenvalue weighted by molar-refractivity contribution is -0.136. The van der Waals surface area contributed by atoms with E-state index in [-0.39, 0.29) is 18.1 Å². The maximum atomic E-state index is 11.9. The lowest BCUT2D eigenvalue weighted by Crippen LogP contribution is -2.18. The molecular formula is C17H15BrO5. The summed E-state index contributed by atoms with van der Waals surface area (Å²) < 4.78 is 16.6. The lowest BCUT2D eigenvalue weighted by atomic mass is 10.1. The third-order valence-electron chi connectivity index (χ3n) is 2.95. The first-order valence-corrected chi connectivity index (χ1v) is 7.57. The Morgan fingerprint density at radius 2 is 1.87 bits per heavy atom. The molecule has 0 aliphatic rings. The van der Waals surface area contributed by atoms with Crippen molar-refractivity contribution in [3.05, 3.63) is 52.5 Å². The van der Waals surface area contributed by atoms with Crippen LogP contribution in [0, 0.1) is 0 Å². The van der Waals surface area contributed by atoms with Crippen LogP contribution >= 0.6 is 15.9 Å². The summed E-state index contributed by atoms with van der Waals surface area (Å²) in [6.45, 7) is 1.21. The Morgan fingerprint density at radius 1 is 1.09 bits per heavy atom. The predicted octanol–water partition coefficient (Wildman–Crippen LogP) is 3.64. The van der Waals surface area contributed by atoms with E-state index in [1.807, 2.05) is 6.07 Å². The van der Waals surface area contributed by atoms with Crippen LogP contribution in [0.2, 0.25) is 0 Å². The summed E-state index contributed by atoms with van der Waals surface area (Å²) in [6.07, 6.45) is 0. The molecule has 0 saturated heterocycles. The monoisotopic (exact) mass is 378 g/mol. The third-order valence-corrected chi connectivity index (χ3v) is 3.44. The fourth-order valence-corrected chi connectivity index (χ4v) is 2.20. The Labute approximate surface area is 142 Å². The Kier molecular flexibility index (Phi) is 5.76. The van der Waals surface area contributed by atoms with Gasteiger partial charge in [0.2, 0.25) is 0 Å². The van der Waals surface area contributed by atoms with Gasteiger partial charge >= 0.3 is 5.97 Å². The predicted molar refractivity (Wildman–Crippen MR) is 88.3 cm³/mol. The number of methoxy groups -OCH3 is 1. The van der Waals surface area contributed by atoms with Crippen molar-refractivity contribution in [3.63, 3.8) is 0 Å². The second-order valence-electron chi connectivity index (χ2n) is 4.64. The number of esters is 1. The number of rotatable bonds is 6. The average molecular weight is 379 g/mol. The number of benzene rings is 2. The van der Waals surface area contributed by atoms with Crippen molar-refractivity contribution < 1.29 is 23.8 Å². The van der Waals surface area contributed by atoms with E-state index < -0.39 is 5.97 Å². The molecule has 5 nitrogen and oxygen atoms in total. The largest absolute Gasteiger partial charge is 0.493 e. The van der Waals surface area contributed by atoms with Gasteiger partial charge in [0.05, 0.1) is 7.11 Å². The standard InChI is InChI=1S/C17H15BrO5/c1-11(19)12-6-7-15(16(8-12)21-2)23-17(20)10-22-14-5-3-4-13(18)9-14/h3-9H,10H2,1-2H3. The molecule has 0 aliphatic heterocycles. The van der Waals surface area contributed by atoms with Gasteiger partial charge in [-0.2, -0.15) is 0 Å². The van der Waals surface area contributed by atoms with Crippen molar-refractivity contribution in [2.75, 3.05) is 13.7 Å². The summed E-state index contributed by atoms with van der Waals surface area (Å²) in [7, 11) is 1.44. The number of Topliss-reactive ketones (excluding diaryl/α,β-unsaturated/α-hetero) is 1. The topological polar surface area (TPSA) is 61.8 Å². The molecule has 0 saturated carbocycles. The zero-order chi connectivity index (χ0) is 16.8. The molecule has 2 aromatic rings. The van der Waals surface area contributed by atoms with Gasteiger partial charge in [-0.1, -0.05) is 22.0 Å². The fourth-order valence-electron chi connectivity index (χ4n) is 1.82. The summed E-state index contributed by atoms with van der Waals surface area (Å²) in [4.78, 5) is 23.2. The summed E-state index contributed by atoms with van der Waals surface area (Å²) in [6, 6.07) is 11.8. The molecule has 23 heavy (non-hydrogen) atoms. The molecular weight excluding hydrogens is 364 g/mol. The van der Waals surface area contributed by atoms with Crippen LogP contribution in [0.5, 0.6) is 17.2 Å². The van der Waals surface area contributed by atoms with Crippen molar-refractivity contribution in [3.8, 4) is 17.2 Å². The van der Waals surface area contributed by atoms with E-state index in [4.69, 9.17) is 14.2 Å². The second-order valence-corrected chi connectivity index (χ2v) is 5.56. The Morgan fingerprint density at radius 3 is 2.52 bits per heavy atom. The molecule has 0 atom stereocenters. The molecule has 2 aromatic carbocycles. The first-order valence-electron chi connectivity index (χ1n) is 6.77.